The van der Waals surface area contributed by atoms with Crippen LogP contribution in [0.1, 0.15) is 23.2 Å². The van der Waals surface area contributed by atoms with Crippen LogP contribution in [0.25, 0.3) is 10.9 Å². The van der Waals surface area contributed by atoms with Gasteiger partial charge in [0.1, 0.15) is 11.5 Å². The minimum Gasteiger partial charge on any atom is -0.495 e. The zero-order chi connectivity index (χ0) is 19.8. The Kier molecular flexibility index (Phi) is 4.94. The maximum atomic E-state index is 13.0. The molecular weight excluding hydrogens is 376 g/mol. The van der Waals surface area contributed by atoms with Crippen molar-refractivity contribution in [3.63, 3.8) is 0 Å². The Hall–Kier alpha value is -2.66. The number of rotatable bonds is 4. The van der Waals surface area contributed by atoms with Gasteiger partial charge in [0.2, 0.25) is 5.91 Å². The van der Waals surface area contributed by atoms with Gasteiger partial charge < -0.3 is 19.8 Å². The maximum absolute atomic E-state index is 13.0. The molecule has 0 spiro atoms. The number of halogens is 1. The molecule has 1 aromatic heterocycles. The molecule has 5 nitrogen and oxygen atoms in total. The van der Waals surface area contributed by atoms with Gasteiger partial charge in [-0.2, -0.15) is 0 Å². The van der Waals surface area contributed by atoms with Gasteiger partial charge in [0.25, 0.3) is 0 Å². The molecule has 6 heteroatoms. The number of anilines is 1. The van der Waals surface area contributed by atoms with Gasteiger partial charge in [0.05, 0.1) is 24.9 Å². The van der Waals surface area contributed by atoms with Gasteiger partial charge >= 0.3 is 0 Å². The van der Waals surface area contributed by atoms with E-state index in [1.807, 2.05) is 0 Å². The number of ether oxygens (including phenoxy) is 2. The SMILES string of the molecule is COc1cc(NC(=O)C2CCc3[nH]c4ccc(C)cc4c3C2)c(OC)cc1Cl. The van der Waals surface area contributed by atoms with Crippen LogP contribution in [-0.4, -0.2) is 25.1 Å². The number of hydrogen-bond acceptors (Lipinski definition) is 3. The summed E-state index contributed by atoms with van der Waals surface area (Å²) in [5, 5.41) is 4.66. The summed E-state index contributed by atoms with van der Waals surface area (Å²) in [4.78, 5) is 16.5. The number of carbonyl (C=O) groups is 1. The Morgan fingerprint density at radius 3 is 2.71 bits per heavy atom. The number of carbonyl (C=O) groups excluding carboxylic acids is 1. The molecule has 2 aromatic carbocycles. The minimum atomic E-state index is -0.0987. The lowest BCUT2D eigenvalue weighted by Crippen LogP contribution is -2.28. The molecule has 4 rings (SSSR count). The number of aromatic nitrogens is 1. The molecule has 3 aromatic rings. The normalized spacial score (nSPS) is 15.9. The van der Waals surface area contributed by atoms with Gasteiger partial charge in [-0.15, -0.1) is 0 Å². The number of hydrogen-bond donors (Lipinski definition) is 2. The number of nitrogens with one attached hydrogen (secondary N) is 2. The molecule has 0 bridgehead atoms. The van der Waals surface area contributed by atoms with E-state index >= 15 is 0 Å². The van der Waals surface area contributed by atoms with Crippen molar-refractivity contribution >= 4 is 34.1 Å². The smallest absolute Gasteiger partial charge is 0.227 e. The summed E-state index contributed by atoms with van der Waals surface area (Å²) < 4.78 is 10.6. The third kappa shape index (κ3) is 3.31. The van der Waals surface area contributed by atoms with Crippen molar-refractivity contribution in [2.45, 2.75) is 26.2 Å². The highest BCUT2D eigenvalue weighted by Gasteiger charge is 2.28. The van der Waals surface area contributed by atoms with Crippen LogP contribution in [0.4, 0.5) is 5.69 Å². The van der Waals surface area contributed by atoms with Gasteiger partial charge in [-0.3, -0.25) is 4.79 Å². The lowest BCUT2D eigenvalue weighted by Gasteiger charge is -2.22. The average Bonchev–Trinajstić information content (AvgIpc) is 3.05. The number of methoxy groups -OCH3 is 2. The molecule has 1 unspecified atom stereocenters. The van der Waals surface area contributed by atoms with Crippen LogP contribution in [-0.2, 0) is 17.6 Å². The van der Waals surface area contributed by atoms with Gasteiger partial charge in [-0.1, -0.05) is 23.2 Å². The second-order valence-electron chi connectivity index (χ2n) is 7.25. The second-order valence-corrected chi connectivity index (χ2v) is 7.65. The Morgan fingerprint density at radius 1 is 1.18 bits per heavy atom. The summed E-state index contributed by atoms with van der Waals surface area (Å²) in [6.07, 6.45) is 2.39. The molecule has 0 saturated heterocycles. The molecule has 1 aliphatic rings. The third-order valence-electron chi connectivity index (χ3n) is 5.45. The largest absolute Gasteiger partial charge is 0.495 e. The van der Waals surface area contributed by atoms with E-state index in [0.717, 1.165) is 24.8 Å². The van der Waals surface area contributed by atoms with Crippen LogP contribution in [0.2, 0.25) is 5.02 Å². The van der Waals surface area contributed by atoms with E-state index in [1.54, 1.807) is 26.4 Å². The van der Waals surface area contributed by atoms with Gasteiger partial charge in [0, 0.05) is 34.6 Å². The zero-order valence-electron chi connectivity index (χ0n) is 16.2. The number of benzene rings is 2. The maximum Gasteiger partial charge on any atom is 0.227 e. The van der Waals surface area contributed by atoms with Gasteiger partial charge in [0.15, 0.2) is 0 Å². The third-order valence-corrected chi connectivity index (χ3v) is 5.74. The summed E-state index contributed by atoms with van der Waals surface area (Å²) in [6, 6.07) is 9.76. The van der Waals surface area contributed by atoms with Crippen molar-refractivity contribution in [2.75, 3.05) is 19.5 Å². The van der Waals surface area contributed by atoms with Crippen molar-refractivity contribution in [2.24, 2.45) is 5.92 Å². The predicted molar refractivity (Wildman–Crippen MR) is 112 cm³/mol. The van der Waals surface area contributed by atoms with Crippen molar-refractivity contribution < 1.29 is 14.3 Å². The van der Waals surface area contributed by atoms with Crippen molar-refractivity contribution in [1.29, 1.82) is 0 Å². The summed E-state index contributed by atoms with van der Waals surface area (Å²) >= 11 is 6.16. The van der Waals surface area contributed by atoms with Crippen LogP contribution in [0.15, 0.2) is 30.3 Å². The number of H-pyrrole nitrogens is 1. The molecular formula is C22H23ClN2O3. The van der Waals surface area contributed by atoms with Crippen molar-refractivity contribution in [1.82, 2.24) is 4.98 Å². The van der Waals surface area contributed by atoms with Crippen LogP contribution < -0.4 is 14.8 Å². The highest BCUT2D eigenvalue weighted by Crippen LogP contribution is 2.37. The summed E-state index contributed by atoms with van der Waals surface area (Å²) in [5.41, 5.74) is 5.43. The Balaban J connectivity index is 1.59. The van der Waals surface area contributed by atoms with Gasteiger partial charge in [-0.25, -0.2) is 0 Å². The molecule has 146 valence electrons. The van der Waals surface area contributed by atoms with E-state index in [2.05, 4.69) is 35.4 Å². The Labute approximate surface area is 169 Å². The standard InChI is InChI=1S/C22H23ClN2O3/c1-12-4-6-17-14(8-12)15-9-13(5-7-18(15)24-17)22(26)25-19-11-20(27-2)16(23)10-21(19)28-3/h4,6,8,10-11,13,24H,5,7,9H2,1-3H3,(H,25,26). The molecule has 1 amide bonds. The zero-order valence-corrected chi connectivity index (χ0v) is 16.9. The second kappa shape index (κ2) is 7.40. The van der Waals surface area contributed by atoms with E-state index in [-0.39, 0.29) is 11.8 Å². The number of fused-ring (bicyclic) bond motifs is 3. The monoisotopic (exact) mass is 398 g/mol. The van der Waals surface area contributed by atoms with E-state index in [1.165, 1.54) is 22.2 Å². The summed E-state index contributed by atoms with van der Waals surface area (Å²) in [6.45, 7) is 2.09. The van der Waals surface area contributed by atoms with E-state index < -0.39 is 0 Å². The average molecular weight is 399 g/mol. The van der Waals surface area contributed by atoms with E-state index in [0.29, 0.717) is 22.2 Å². The highest BCUT2D eigenvalue weighted by molar-refractivity contribution is 6.32. The van der Waals surface area contributed by atoms with Gasteiger partial charge in [-0.05, 0) is 43.9 Å². The Bertz CT molecular complexity index is 1060. The van der Waals surface area contributed by atoms with Crippen LogP contribution in [0.3, 0.4) is 0 Å². The summed E-state index contributed by atoms with van der Waals surface area (Å²) in [5.74, 6) is 0.892. The predicted octanol–water partition coefficient (Wildman–Crippen LogP) is 4.89. The number of amides is 1. The quantitative estimate of drug-likeness (QED) is 0.657. The lowest BCUT2D eigenvalue weighted by molar-refractivity contribution is -0.120. The molecule has 0 fully saturated rings. The first kappa shape index (κ1) is 18.7. The van der Waals surface area contributed by atoms with Crippen molar-refractivity contribution in [3.05, 3.63) is 52.2 Å². The fourth-order valence-electron chi connectivity index (χ4n) is 3.95. The molecule has 0 radical (unpaired) electrons. The first-order chi connectivity index (χ1) is 13.5. The lowest BCUT2D eigenvalue weighted by atomic mass is 9.85. The van der Waals surface area contributed by atoms with Crippen LogP contribution in [0, 0.1) is 12.8 Å². The fourth-order valence-corrected chi connectivity index (χ4v) is 4.18. The molecule has 2 N–H and O–H groups in total. The van der Waals surface area contributed by atoms with E-state index in [9.17, 15) is 4.79 Å². The van der Waals surface area contributed by atoms with E-state index in [4.69, 9.17) is 21.1 Å². The van der Waals surface area contributed by atoms with Crippen molar-refractivity contribution in [3.8, 4) is 11.5 Å². The molecule has 1 atom stereocenters. The van der Waals surface area contributed by atoms with Crippen LogP contribution in [0.5, 0.6) is 11.5 Å². The topological polar surface area (TPSA) is 63.3 Å². The summed E-state index contributed by atoms with van der Waals surface area (Å²) in [7, 11) is 3.09. The first-order valence-electron chi connectivity index (χ1n) is 9.32. The minimum absolute atomic E-state index is 0.0182. The Morgan fingerprint density at radius 2 is 1.96 bits per heavy atom. The number of aryl methyl sites for hydroxylation is 2. The number of aromatic amines is 1. The molecule has 0 aliphatic heterocycles. The fraction of sp³-hybridized carbons (Fsp3) is 0.318. The molecule has 1 heterocycles. The van der Waals surface area contributed by atoms with Crippen LogP contribution >= 0.6 is 11.6 Å². The molecule has 1 aliphatic carbocycles. The first-order valence-corrected chi connectivity index (χ1v) is 9.70. The molecule has 28 heavy (non-hydrogen) atoms. The molecule has 0 saturated carbocycles. The highest BCUT2D eigenvalue weighted by atomic mass is 35.5.